The van der Waals surface area contributed by atoms with Gasteiger partial charge < -0.3 is 11.1 Å². The number of carbonyl (C=O) groups is 1. The number of nitrogen functional groups attached to an aromatic ring is 1. The number of nitrogens with zero attached hydrogens (tertiary/aromatic N) is 1. The van der Waals surface area contributed by atoms with Crippen LogP contribution in [0.3, 0.4) is 0 Å². The van der Waals surface area contributed by atoms with Crippen LogP contribution in [-0.2, 0) is 11.3 Å². The molecule has 4 nitrogen and oxygen atoms in total. The average molecular weight is 344 g/mol. The van der Waals surface area contributed by atoms with E-state index in [2.05, 4.69) is 10.7 Å². The third-order valence-corrected chi connectivity index (χ3v) is 4.10. The molecule has 21 heavy (non-hydrogen) atoms. The molecule has 0 atom stereocenters. The van der Waals surface area contributed by atoms with Crippen molar-refractivity contribution in [1.82, 2.24) is 4.90 Å². The van der Waals surface area contributed by atoms with Gasteiger partial charge in [-0.1, -0.05) is 23.2 Å². The second kappa shape index (κ2) is 7.13. The van der Waals surface area contributed by atoms with Crippen molar-refractivity contribution in [2.75, 3.05) is 24.6 Å². The molecule has 2 rings (SSSR count). The highest BCUT2D eigenvalue weighted by Gasteiger charge is 2.13. The molecule has 0 bridgehead atoms. The predicted octanol–water partition coefficient (Wildman–Crippen LogP) is 3.71. The van der Waals surface area contributed by atoms with Crippen molar-refractivity contribution < 1.29 is 4.79 Å². The standard InChI is InChI=1S/C14H15Cl2N3OS/c1-19(6-9-2-3-21-8-9)7-13(20)18-14-11(15)4-10(17)5-12(14)16/h2-5,8H,6-7,17H2,1H3,(H,18,20). The SMILES string of the molecule is CN(CC(=O)Nc1c(Cl)cc(N)cc1Cl)Cc1ccsc1. The van der Waals surface area contributed by atoms with Gasteiger partial charge in [-0.2, -0.15) is 11.3 Å². The first-order chi connectivity index (χ1) is 9.95. The van der Waals surface area contributed by atoms with Gasteiger partial charge in [0.1, 0.15) is 0 Å². The monoisotopic (exact) mass is 343 g/mol. The smallest absolute Gasteiger partial charge is 0.238 e. The van der Waals surface area contributed by atoms with Crippen molar-refractivity contribution in [3.8, 4) is 0 Å². The number of thiophene rings is 1. The van der Waals surface area contributed by atoms with E-state index in [4.69, 9.17) is 28.9 Å². The lowest BCUT2D eigenvalue weighted by Crippen LogP contribution is -2.29. The summed E-state index contributed by atoms with van der Waals surface area (Å²) >= 11 is 13.7. The minimum Gasteiger partial charge on any atom is -0.399 e. The van der Waals surface area contributed by atoms with Gasteiger partial charge in [0.05, 0.1) is 22.3 Å². The number of hydrogen-bond donors (Lipinski definition) is 2. The quantitative estimate of drug-likeness (QED) is 0.813. The van der Waals surface area contributed by atoms with Crippen molar-refractivity contribution in [3.63, 3.8) is 0 Å². The molecule has 7 heteroatoms. The van der Waals surface area contributed by atoms with Crippen LogP contribution in [0.15, 0.2) is 29.0 Å². The number of likely N-dealkylation sites (N-methyl/N-ethyl adjacent to an activating group) is 1. The highest BCUT2D eigenvalue weighted by atomic mass is 35.5. The van der Waals surface area contributed by atoms with Crippen LogP contribution in [-0.4, -0.2) is 24.4 Å². The van der Waals surface area contributed by atoms with Gasteiger partial charge in [-0.25, -0.2) is 0 Å². The Morgan fingerprint density at radius 3 is 2.62 bits per heavy atom. The van der Waals surface area contributed by atoms with Crippen LogP contribution < -0.4 is 11.1 Å². The molecule has 1 aromatic carbocycles. The number of hydrogen-bond acceptors (Lipinski definition) is 4. The van der Waals surface area contributed by atoms with Crippen molar-refractivity contribution >= 4 is 51.8 Å². The minimum atomic E-state index is -0.179. The van der Waals surface area contributed by atoms with E-state index in [1.807, 2.05) is 23.4 Å². The van der Waals surface area contributed by atoms with Crippen molar-refractivity contribution in [2.24, 2.45) is 0 Å². The molecular weight excluding hydrogens is 329 g/mol. The Hall–Kier alpha value is -1.27. The van der Waals surface area contributed by atoms with Crippen LogP contribution in [0.1, 0.15) is 5.56 Å². The first-order valence-corrected chi connectivity index (χ1v) is 7.89. The van der Waals surface area contributed by atoms with Gasteiger partial charge in [0, 0.05) is 12.2 Å². The maximum absolute atomic E-state index is 12.0. The lowest BCUT2D eigenvalue weighted by Gasteiger charge is -2.16. The van der Waals surface area contributed by atoms with E-state index in [-0.39, 0.29) is 12.5 Å². The zero-order valence-corrected chi connectivity index (χ0v) is 13.7. The molecule has 0 unspecified atom stereocenters. The maximum atomic E-state index is 12.0. The third-order valence-electron chi connectivity index (χ3n) is 2.77. The maximum Gasteiger partial charge on any atom is 0.238 e. The summed E-state index contributed by atoms with van der Waals surface area (Å²) in [7, 11) is 1.88. The largest absolute Gasteiger partial charge is 0.399 e. The molecule has 112 valence electrons. The third kappa shape index (κ3) is 4.61. The fraction of sp³-hybridized carbons (Fsp3) is 0.214. The molecular formula is C14H15Cl2N3OS. The van der Waals surface area contributed by atoms with Crippen LogP contribution in [0.4, 0.5) is 11.4 Å². The molecule has 2 aromatic rings. The minimum absolute atomic E-state index is 0.179. The molecule has 1 aromatic heterocycles. The Bertz CT molecular complexity index is 608. The molecule has 3 N–H and O–H groups in total. The Kier molecular flexibility index (Phi) is 5.47. The molecule has 0 aliphatic carbocycles. The number of nitrogens with one attached hydrogen (secondary N) is 1. The van der Waals surface area contributed by atoms with Crippen molar-refractivity contribution in [2.45, 2.75) is 6.54 Å². The van der Waals surface area contributed by atoms with Gasteiger partial charge in [0.25, 0.3) is 0 Å². The molecule has 0 spiro atoms. The van der Waals surface area contributed by atoms with Gasteiger partial charge in [0.15, 0.2) is 0 Å². The number of anilines is 2. The van der Waals surface area contributed by atoms with E-state index < -0.39 is 0 Å². The molecule has 0 aliphatic rings. The van der Waals surface area contributed by atoms with E-state index in [9.17, 15) is 4.79 Å². The number of rotatable bonds is 5. The molecule has 0 radical (unpaired) electrons. The number of benzene rings is 1. The lowest BCUT2D eigenvalue weighted by atomic mass is 10.2. The lowest BCUT2D eigenvalue weighted by molar-refractivity contribution is -0.117. The second-order valence-electron chi connectivity index (χ2n) is 4.71. The van der Waals surface area contributed by atoms with Gasteiger partial charge in [0.2, 0.25) is 5.91 Å². The summed E-state index contributed by atoms with van der Waals surface area (Å²) in [4.78, 5) is 14.0. The van der Waals surface area contributed by atoms with E-state index >= 15 is 0 Å². The molecule has 1 amide bonds. The van der Waals surface area contributed by atoms with E-state index in [0.29, 0.717) is 28.0 Å². The summed E-state index contributed by atoms with van der Waals surface area (Å²) in [6.45, 7) is 0.951. The number of carbonyl (C=O) groups excluding carboxylic acids is 1. The first-order valence-electron chi connectivity index (χ1n) is 6.19. The number of amides is 1. The summed E-state index contributed by atoms with van der Waals surface area (Å²) in [5, 5.41) is 7.44. The summed E-state index contributed by atoms with van der Waals surface area (Å²) in [5.41, 5.74) is 7.65. The number of halogens is 2. The van der Waals surface area contributed by atoms with Crippen molar-refractivity contribution in [1.29, 1.82) is 0 Å². The van der Waals surface area contributed by atoms with Crippen molar-refractivity contribution in [3.05, 3.63) is 44.6 Å². The van der Waals surface area contributed by atoms with Crippen LogP contribution in [0.25, 0.3) is 0 Å². The Morgan fingerprint density at radius 2 is 2.05 bits per heavy atom. The summed E-state index contributed by atoms with van der Waals surface area (Å²) in [5.74, 6) is -0.179. The Labute approximate surface area is 137 Å². The van der Waals surface area contributed by atoms with Gasteiger partial charge in [-0.05, 0) is 41.6 Å². The first kappa shape index (κ1) is 16.1. The predicted molar refractivity (Wildman–Crippen MR) is 90.2 cm³/mol. The van der Waals surface area contributed by atoms with Crippen LogP contribution in [0, 0.1) is 0 Å². The topological polar surface area (TPSA) is 58.4 Å². The highest BCUT2D eigenvalue weighted by Crippen LogP contribution is 2.32. The number of nitrogens with two attached hydrogens (primary N) is 1. The fourth-order valence-electron chi connectivity index (χ4n) is 1.89. The molecule has 0 aliphatic heterocycles. The zero-order valence-electron chi connectivity index (χ0n) is 11.4. The van der Waals surface area contributed by atoms with Crippen LogP contribution in [0.5, 0.6) is 0 Å². The average Bonchev–Trinajstić information content (AvgIpc) is 2.86. The molecule has 0 fully saturated rings. The molecule has 1 heterocycles. The van der Waals surface area contributed by atoms with Gasteiger partial charge >= 0.3 is 0 Å². The molecule has 0 saturated heterocycles. The summed E-state index contributed by atoms with van der Waals surface area (Å²) in [6.07, 6.45) is 0. The van der Waals surface area contributed by atoms with Crippen LogP contribution in [0.2, 0.25) is 10.0 Å². The van der Waals surface area contributed by atoms with Gasteiger partial charge in [-0.15, -0.1) is 0 Å². The Balaban J connectivity index is 1.95. The van der Waals surface area contributed by atoms with E-state index in [0.717, 1.165) is 0 Å². The Morgan fingerprint density at radius 1 is 1.38 bits per heavy atom. The van der Waals surface area contributed by atoms with Crippen LogP contribution >= 0.6 is 34.5 Å². The normalized spacial score (nSPS) is 10.9. The second-order valence-corrected chi connectivity index (χ2v) is 6.31. The molecule has 0 saturated carbocycles. The van der Waals surface area contributed by atoms with Gasteiger partial charge in [-0.3, -0.25) is 9.69 Å². The zero-order chi connectivity index (χ0) is 15.4. The van der Waals surface area contributed by atoms with E-state index in [1.165, 1.54) is 5.56 Å². The highest BCUT2D eigenvalue weighted by molar-refractivity contribution is 7.07. The summed E-state index contributed by atoms with van der Waals surface area (Å²) < 4.78 is 0. The van der Waals surface area contributed by atoms with E-state index in [1.54, 1.807) is 23.5 Å². The fourth-order valence-corrected chi connectivity index (χ4v) is 3.14. The summed E-state index contributed by atoms with van der Waals surface area (Å²) in [6, 6.07) is 5.14.